The SMILES string of the molecule is CCNC(=NCC(c1ccc(CC)cc1)N(C)C)NC1CC1.I. The van der Waals surface area contributed by atoms with Gasteiger partial charge < -0.3 is 15.5 Å². The van der Waals surface area contributed by atoms with E-state index in [0.717, 1.165) is 25.5 Å². The van der Waals surface area contributed by atoms with Crippen LogP contribution in [0.4, 0.5) is 0 Å². The topological polar surface area (TPSA) is 39.7 Å². The summed E-state index contributed by atoms with van der Waals surface area (Å²) in [6.45, 7) is 5.96. The molecule has 1 aliphatic rings. The number of nitrogens with one attached hydrogen (secondary N) is 2. The molecule has 1 unspecified atom stereocenters. The molecule has 1 aromatic rings. The fourth-order valence-corrected chi connectivity index (χ4v) is 2.46. The molecule has 5 heteroatoms. The predicted molar refractivity (Wildman–Crippen MR) is 110 cm³/mol. The van der Waals surface area contributed by atoms with E-state index >= 15 is 0 Å². The van der Waals surface area contributed by atoms with Crippen molar-refractivity contribution < 1.29 is 0 Å². The Kier molecular flexibility index (Phi) is 8.91. The standard InChI is InChI=1S/C18H30N4.HI/c1-5-14-7-9-15(10-8-14)17(22(3)4)13-20-18(19-6-2)21-16-11-12-16;/h7-10,16-17H,5-6,11-13H2,1-4H3,(H2,19,20,21);1H. The number of hydrogen-bond donors (Lipinski definition) is 2. The van der Waals surface area contributed by atoms with Crippen LogP contribution >= 0.6 is 24.0 Å². The van der Waals surface area contributed by atoms with E-state index in [-0.39, 0.29) is 24.0 Å². The second-order valence-electron chi connectivity index (χ2n) is 6.21. The summed E-state index contributed by atoms with van der Waals surface area (Å²) >= 11 is 0. The minimum atomic E-state index is 0. The van der Waals surface area contributed by atoms with E-state index in [0.29, 0.717) is 12.1 Å². The van der Waals surface area contributed by atoms with Gasteiger partial charge in [-0.25, -0.2) is 0 Å². The van der Waals surface area contributed by atoms with Crippen molar-refractivity contribution in [3.8, 4) is 0 Å². The molecule has 1 fully saturated rings. The normalized spacial score (nSPS) is 16.0. The van der Waals surface area contributed by atoms with E-state index < -0.39 is 0 Å². The number of likely N-dealkylation sites (N-methyl/N-ethyl adjacent to an activating group) is 1. The molecular formula is C18H31IN4. The van der Waals surface area contributed by atoms with E-state index in [1.165, 1.54) is 24.0 Å². The molecule has 1 saturated carbocycles. The number of hydrogen-bond acceptors (Lipinski definition) is 2. The number of nitrogens with zero attached hydrogens (tertiary/aromatic N) is 2. The Morgan fingerprint density at radius 2 is 1.87 bits per heavy atom. The van der Waals surface area contributed by atoms with Gasteiger partial charge in [-0.2, -0.15) is 0 Å². The van der Waals surface area contributed by atoms with Crippen LogP contribution in [0.5, 0.6) is 0 Å². The Balaban J connectivity index is 0.00000264. The van der Waals surface area contributed by atoms with Crippen molar-refractivity contribution in [1.29, 1.82) is 0 Å². The molecule has 0 aromatic heterocycles. The lowest BCUT2D eigenvalue weighted by Gasteiger charge is -2.24. The number of guanidine groups is 1. The maximum atomic E-state index is 4.79. The summed E-state index contributed by atoms with van der Waals surface area (Å²) in [4.78, 5) is 7.03. The molecule has 0 spiro atoms. The van der Waals surface area contributed by atoms with E-state index in [4.69, 9.17) is 4.99 Å². The van der Waals surface area contributed by atoms with Gasteiger partial charge in [0, 0.05) is 12.6 Å². The van der Waals surface area contributed by atoms with Crippen LogP contribution in [0.3, 0.4) is 0 Å². The monoisotopic (exact) mass is 430 g/mol. The molecule has 0 saturated heterocycles. The van der Waals surface area contributed by atoms with Crippen LogP contribution in [0.1, 0.15) is 43.9 Å². The molecule has 0 amide bonds. The number of halogens is 1. The lowest BCUT2D eigenvalue weighted by atomic mass is 10.0. The van der Waals surface area contributed by atoms with Gasteiger partial charge in [-0.05, 0) is 51.4 Å². The smallest absolute Gasteiger partial charge is 0.191 e. The van der Waals surface area contributed by atoms with Gasteiger partial charge in [0.1, 0.15) is 0 Å². The van der Waals surface area contributed by atoms with Crippen molar-refractivity contribution in [2.45, 2.75) is 45.2 Å². The third-order valence-corrected chi connectivity index (χ3v) is 4.08. The summed E-state index contributed by atoms with van der Waals surface area (Å²) in [6.07, 6.45) is 3.61. The summed E-state index contributed by atoms with van der Waals surface area (Å²) < 4.78 is 0. The molecule has 1 aliphatic carbocycles. The largest absolute Gasteiger partial charge is 0.357 e. The molecule has 0 aliphatic heterocycles. The zero-order chi connectivity index (χ0) is 15.9. The van der Waals surface area contributed by atoms with E-state index in [2.05, 4.69) is 67.7 Å². The van der Waals surface area contributed by atoms with Gasteiger partial charge in [0.25, 0.3) is 0 Å². The molecule has 4 nitrogen and oxygen atoms in total. The summed E-state index contributed by atoms with van der Waals surface area (Å²) in [5.74, 6) is 0.946. The fraction of sp³-hybridized carbons (Fsp3) is 0.611. The highest BCUT2D eigenvalue weighted by Crippen LogP contribution is 2.20. The van der Waals surface area contributed by atoms with Crippen LogP contribution in [0.15, 0.2) is 29.3 Å². The van der Waals surface area contributed by atoms with Crippen LogP contribution in [0.25, 0.3) is 0 Å². The average Bonchev–Trinajstić information content (AvgIpc) is 3.32. The van der Waals surface area contributed by atoms with Crippen LogP contribution < -0.4 is 10.6 Å². The minimum absolute atomic E-state index is 0. The fourth-order valence-electron chi connectivity index (χ4n) is 2.46. The highest BCUT2D eigenvalue weighted by molar-refractivity contribution is 14.0. The molecule has 0 radical (unpaired) electrons. The summed E-state index contributed by atoms with van der Waals surface area (Å²) in [5, 5.41) is 6.81. The van der Waals surface area contributed by atoms with Gasteiger partial charge in [0.05, 0.1) is 12.6 Å². The molecular weight excluding hydrogens is 399 g/mol. The van der Waals surface area contributed by atoms with E-state index in [9.17, 15) is 0 Å². The van der Waals surface area contributed by atoms with Crippen LogP contribution in [0, 0.1) is 0 Å². The second-order valence-corrected chi connectivity index (χ2v) is 6.21. The Morgan fingerprint density at radius 3 is 2.35 bits per heavy atom. The lowest BCUT2D eigenvalue weighted by molar-refractivity contribution is 0.306. The maximum Gasteiger partial charge on any atom is 0.191 e. The molecule has 1 atom stereocenters. The number of benzene rings is 1. The first-order chi connectivity index (χ1) is 10.6. The van der Waals surface area contributed by atoms with Gasteiger partial charge in [-0.3, -0.25) is 4.99 Å². The average molecular weight is 430 g/mol. The first-order valence-corrected chi connectivity index (χ1v) is 8.44. The molecule has 2 rings (SSSR count). The van der Waals surface area contributed by atoms with Crippen LogP contribution in [-0.2, 0) is 6.42 Å². The van der Waals surface area contributed by atoms with Gasteiger partial charge in [-0.15, -0.1) is 24.0 Å². The molecule has 1 aromatic carbocycles. The Morgan fingerprint density at radius 1 is 1.22 bits per heavy atom. The molecule has 2 N–H and O–H groups in total. The van der Waals surface area contributed by atoms with Gasteiger partial charge in [0.15, 0.2) is 5.96 Å². The Bertz CT molecular complexity index is 480. The van der Waals surface area contributed by atoms with Crippen molar-refractivity contribution in [3.63, 3.8) is 0 Å². The van der Waals surface area contributed by atoms with E-state index in [1.54, 1.807) is 0 Å². The quantitative estimate of drug-likeness (QED) is 0.397. The summed E-state index contributed by atoms with van der Waals surface area (Å²) in [6, 6.07) is 9.85. The zero-order valence-electron chi connectivity index (χ0n) is 14.8. The molecule has 23 heavy (non-hydrogen) atoms. The zero-order valence-corrected chi connectivity index (χ0v) is 17.1. The highest BCUT2D eigenvalue weighted by Gasteiger charge is 2.22. The van der Waals surface area contributed by atoms with Crippen molar-refractivity contribution in [2.24, 2.45) is 4.99 Å². The third-order valence-electron chi connectivity index (χ3n) is 4.08. The van der Waals surface area contributed by atoms with Crippen molar-refractivity contribution in [2.75, 3.05) is 27.2 Å². The van der Waals surface area contributed by atoms with Crippen LogP contribution in [0.2, 0.25) is 0 Å². The third kappa shape index (κ3) is 6.67. The second kappa shape index (κ2) is 10.1. The Labute approximate surface area is 158 Å². The predicted octanol–water partition coefficient (Wildman–Crippen LogP) is 3.19. The van der Waals surface area contributed by atoms with Crippen molar-refractivity contribution >= 4 is 29.9 Å². The number of aliphatic imine (C=N–C) groups is 1. The minimum Gasteiger partial charge on any atom is -0.357 e. The van der Waals surface area contributed by atoms with E-state index in [1.807, 2.05) is 0 Å². The van der Waals surface area contributed by atoms with Crippen LogP contribution in [-0.4, -0.2) is 44.1 Å². The number of rotatable bonds is 7. The lowest BCUT2D eigenvalue weighted by Crippen LogP contribution is -2.39. The Hall–Kier alpha value is -0.820. The van der Waals surface area contributed by atoms with Crippen molar-refractivity contribution in [3.05, 3.63) is 35.4 Å². The highest BCUT2D eigenvalue weighted by atomic mass is 127. The number of aryl methyl sites for hydroxylation is 1. The molecule has 130 valence electrons. The van der Waals surface area contributed by atoms with Crippen molar-refractivity contribution in [1.82, 2.24) is 15.5 Å². The maximum absolute atomic E-state index is 4.79. The molecule has 0 bridgehead atoms. The van der Waals surface area contributed by atoms with Gasteiger partial charge in [-0.1, -0.05) is 31.2 Å². The first-order valence-electron chi connectivity index (χ1n) is 8.44. The molecule has 0 heterocycles. The summed E-state index contributed by atoms with van der Waals surface area (Å²) in [7, 11) is 4.24. The first kappa shape index (κ1) is 20.2. The van der Waals surface area contributed by atoms with Gasteiger partial charge in [0.2, 0.25) is 0 Å². The summed E-state index contributed by atoms with van der Waals surface area (Å²) in [5.41, 5.74) is 2.71. The van der Waals surface area contributed by atoms with Gasteiger partial charge >= 0.3 is 0 Å².